The number of amides is 1. The van der Waals surface area contributed by atoms with E-state index in [9.17, 15) is 9.59 Å². The maximum absolute atomic E-state index is 12.2. The van der Waals surface area contributed by atoms with Crippen molar-refractivity contribution in [3.05, 3.63) is 0 Å². The number of carboxylic acids is 1. The van der Waals surface area contributed by atoms with Crippen LogP contribution in [0.5, 0.6) is 0 Å². The average Bonchev–Trinajstić information content (AvgIpc) is 2.33. The second-order valence-electron chi connectivity index (χ2n) is 6.27. The highest BCUT2D eigenvalue weighted by atomic mass is 16.4. The van der Waals surface area contributed by atoms with Crippen molar-refractivity contribution in [2.24, 2.45) is 0 Å². The number of aliphatic carboxylic acids is 1. The number of carboxylic acid groups (broad SMARTS) is 1. The molecular weight excluding hydrogens is 244 g/mol. The topological polar surface area (TPSA) is 69.6 Å². The zero-order chi connectivity index (χ0) is 14.5. The van der Waals surface area contributed by atoms with Crippen molar-refractivity contribution < 1.29 is 14.7 Å². The minimum Gasteiger partial charge on any atom is -0.481 e. The summed E-state index contributed by atoms with van der Waals surface area (Å²) in [5.41, 5.74) is -0.0813. The number of piperidine rings is 1. The second kappa shape index (κ2) is 6.89. The zero-order valence-corrected chi connectivity index (χ0v) is 12.2. The smallest absolute Gasteiger partial charge is 0.303 e. The number of hydrogen-bond acceptors (Lipinski definition) is 3. The first-order chi connectivity index (χ1) is 8.79. The number of carbonyl (C=O) groups excluding carboxylic acids is 1. The largest absolute Gasteiger partial charge is 0.481 e. The number of rotatable bonds is 5. The predicted octanol–water partition coefficient (Wildman–Crippen LogP) is 1.62. The van der Waals surface area contributed by atoms with Crippen LogP contribution < -0.4 is 5.32 Å². The average molecular weight is 270 g/mol. The SMILES string of the molecule is CC(C)(C)NCC(=O)N1CCCCC1CCC(=O)O. The van der Waals surface area contributed by atoms with E-state index in [0.29, 0.717) is 13.0 Å². The molecule has 0 aromatic carbocycles. The van der Waals surface area contributed by atoms with Crippen molar-refractivity contribution in [1.82, 2.24) is 10.2 Å². The number of hydrogen-bond donors (Lipinski definition) is 2. The summed E-state index contributed by atoms with van der Waals surface area (Å²) in [4.78, 5) is 24.7. The minimum atomic E-state index is -0.786. The van der Waals surface area contributed by atoms with Crippen LogP contribution in [0.15, 0.2) is 0 Å². The van der Waals surface area contributed by atoms with Crippen molar-refractivity contribution in [3.8, 4) is 0 Å². The third-order valence-corrected chi connectivity index (χ3v) is 3.41. The van der Waals surface area contributed by atoms with E-state index in [-0.39, 0.29) is 23.9 Å². The first kappa shape index (κ1) is 16.0. The molecule has 0 saturated carbocycles. The molecule has 1 unspecified atom stereocenters. The molecule has 0 aliphatic carbocycles. The van der Waals surface area contributed by atoms with Gasteiger partial charge in [0.2, 0.25) is 5.91 Å². The number of likely N-dealkylation sites (tertiary alicyclic amines) is 1. The lowest BCUT2D eigenvalue weighted by molar-refractivity contribution is -0.139. The summed E-state index contributed by atoms with van der Waals surface area (Å²) >= 11 is 0. The molecule has 1 atom stereocenters. The van der Waals surface area contributed by atoms with Crippen LogP contribution in [-0.2, 0) is 9.59 Å². The summed E-state index contributed by atoms with van der Waals surface area (Å²) in [7, 11) is 0. The van der Waals surface area contributed by atoms with Gasteiger partial charge in [-0.1, -0.05) is 0 Å². The highest BCUT2D eigenvalue weighted by Gasteiger charge is 2.27. The molecule has 5 nitrogen and oxygen atoms in total. The Morgan fingerprint density at radius 1 is 1.32 bits per heavy atom. The summed E-state index contributed by atoms with van der Waals surface area (Å²) < 4.78 is 0. The van der Waals surface area contributed by atoms with Crippen molar-refractivity contribution in [1.29, 1.82) is 0 Å². The highest BCUT2D eigenvalue weighted by molar-refractivity contribution is 5.79. The summed E-state index contributed by atoms with van der Waals surface area (Å²) in [6.07, 6.45) is 3.73. The molecule has 0 aromatic heterocycles. The molecule has 5 heteroatoms. The molecule has 1 aliphatic heterocycles. The Morgan fingerprint density at radius 3 is 2.58 bits per heavy atom. The van der Waals surface area contributed by atoms with E-state index in [2.05, 4.69) is 5.32 Å². The van der Waals surface area contributed by atoms with Gasteiger partial charge in [0.1, 0.15) is 0 Å². The maximum Gasteiger partial charge on any atom is 0.303 e. The molecule has 0 radical (unpaired) electrons. The highest BCUT2D eigenvalue weighted by Crippen LogP contribution is 2.21. The minimum absolute atomic E-state index is 0.0813. The quantitative estimate of drug-likeness (QED) is 0.796. The monoisotopic (exact) mass is 270 g/mol. The molecule has 0 aromatic rings. The molecule has 1 fully saturated rings. The first-order valence-corrected chi connectivity index (χ1v) is 7.06. The van der Waals surface area contributed by atoms with Crippen LogP contribution >= 0.6 is 0 Å². The molecule has 110 valence electrons. The summed E-state index contributed by atoms with van der Waals surface area (Å²) in [5.74, 6) is -0.698. The van der Waals surface area contributed by atoms with E-state index in [1.54, 1.807) is 0 Å². The molecule has 1 amide bonds. The number of nitrogens with zero attached hydrogens (tertiary/aromatic N) is 1. The third-order valence-electron chi connectivity index (χ3n) is 3.41. The van der Waals surface area contributed by atoms with Gasteiger partial charge in [-0.3, -0.25) is 9.59 Å². The number of nitrogens with one attached hydrogen (secondary N) is 1. The lowest BCUT2D eigenvalue weighted by Gasteiger charge is -2.36. The lowest BCUT2D eigenvalue weighted by Crippen LogP contribution is -2.50. The predicted molar refractivity (Wildman–Crippen MR) is 74.0 cm³/mol. The van der Waals surface area contributed by atoms with Gasteiger partial charge >= 0.3 is 5.97 Å². The third kappa shape index (κ3) is 6.05. The molecular formula is C14H26N2O3. The van der Waals surface area contributed by atoms with Crippen LogP contribution in [0.3, 0.4) is 0 Å². The molecule has 1 saturated heterocycles. The fraction of sp³-hybridized carbons (Fsp3) is 0.857. The van der Waals surface area contributed by atoms with Gasteiger partial charge < -0.3 is 15.3 Å². The van der Waals surface area contributed by atoms with Gasteiger partial charge in [-0.05, 0) is 46.5 Å². The first-order valence-electron chi connectivity index (χ1n) is 7.06. The van der Waals surface area contributed by atoms with Crippen LogP contribution in [0.4, 0.5) is 0 Å². The molecule has 0 spiro atoms. The molecule has 19 heavy (non-hydrogen) atoms. The van der Waals surface area contributed by atoms with Crippen LogP contribution in [-0.4, -0.2) is 46.6 Å². The van der Waals surface area contributed by atoms with Gasteiger partial charge in [0.25, 0.3) is 0 Å². The fourth-order valence-corrected chi connectivity index (χ4v) is 2.36. The Kier molecular flexibility index (Phi) is 5.79. The molecule has 1 rings (SSSR count). The van der Waals surface area contributed by atoms with Crippen LogP contribution in [0.25, 0.3) is 0 Å². The van der Waals surface area contributed by atoms with E-state index in [4.69, 9.17) is 5.11 Å². The van der Waals surface area contributed by atoms with Crippen molar-refractivity contribution >= 4 is 11.9 Å². The summed E-state index contributed by atoms with van der Waals surface area (Å²) in [6.45, 7) is 7.16. The van der Waals surface area contributed by atoms with E-state index < -0.39 is 5.97 Å². The lowest BCUT2D eigenvalue weighted by atomic mass is 9.97. The zero-order valence-electron chi connectivity index (χ0n) is 12.2. The van der Waals surface area contributed by atoms with Crippen molar-refractivity contribution in [3.63, 3.8) is 0 Å². The van der Waals surface area contributed by atoms with E-state index in [1.165, 1.54) is 0 Å². The summed E-state index contributed by atoms with van der Waals surface area (Å²) in [6, 6.07) is 0.0964. The van der Waals surface area contributed by atoms with Gasteiger partial charge in [0, 0.05) is 24.5 Å². The van der Waals surface area contributed by atoms with Crippen LogP contribution in [0, 0.1) is 0 Å². The molecule has 1 aliphatic rings. The molecule has 1 heterocycles. The van der Waals surface area contributed by atoms with E-state index >= 15 is 0 Å². The molecule has 0 bridgehead atoms. The Bertz CT molecular complexity index is 323. The van der Waals surface area contributed by atoms with Crippen LogP contribution in [0.2, 0.25) is 0 Å². The van der Waals surface area contributed by atoms with Gasteiger partial charge in [0.05, 0.1) is 6.54 Å². The Balaban J connectivity index is 2.50. The second-order valence-corrected chi connectivity index (χ2v) is 6.27. The van der Waals surface area contributed by atoms with Gasteiger partial charge in [-0.2, -0.15) is 0 Å². The van der Waals surface area contributed by atoms with Gasteiger partial charge in [0.15, 0.2) is 0 Å². The number of carbonyl (C=O) groups is 2. The van der Waals surface area contributed by atoms with Crippen molar-refractivity contribution in [2.45, 2.75) is 64.5 Å². The van der Waals surface area contributed by atoms with E-state index in [1.807, 2.05) is 25.7 Å². The Labute approximate surface area is 115 Å². The van der Waals surface area contributed by atoms with Gasteiger partial charge in [-0.25, -0.2) is 0 Å². The normalized spacial score (nSPS) is 20.4. The standard InChI is InChI=1S/C14H26N2O3/c1-14(2,3)15-10-12(17)16-9-5-4-6-11(16)7-8-13(18)19/h11,15H,4-10H2,1-3H3,(H,18,19). The van der Waals surface area contributed by atoms with Crippen molar-refractivity contribution in [2.75, 3.05) is 13.1 Å². The Hall–Kier alpha value is -1.10. The fourth-order valence-electron chi connectivity index (χ4n) is 2.36. The summed E-state index contributed by atoms with van der Waals surface area (Å²) in [5, 5.41) is 12.0. The van der Waals surface area contributed by atoms with Crippen LogP contribution in [0.1, 0.15) is 52.9 Å². The van der Waals surface area contributed by atoms with E-state index in [0.717, 1.165) is 25.8 Å². The molecule has 2 N–H and O–H groups in total. The maximum atomic E-state index is 12.2. The van der Waals surface area contributed by atoms with Gasteiger partial charge in [-0.15, -0.1) is 0 Å². The Morgan fingerprint density at radius 2 is 2.00 bits per heavy atom.